The first-order valence-corrected chi connectivity index (χ1v) is 5.93. The molecule has 5 heteroatoms. The SMILES string of the molecule is O=c1c2c([nH]n1-c1cccc(Cl)c1)CNCC2. The number of rotatable bonds is 1. The summed E-state index contributed by atoms with van der Waals surface area (Å²) in [5.41, 5.74) is 2.66. The van der Waals surface area contributed by atoms with Gasteiger partial charge in [-0.2, -0.15) is 0 Å². The Balaban J connectivity index is 2.16. The normalized spacial score (nSPS) is 14.6. The van der Waals surface area contributed by atoms with Crippen LogP contribution in [0.15, 0.2) is 29.1 Å². The van der Waals surface area contributed by atoms with Crippen molar-refractivity contribution in [3.63, 3.8) is 0 Å². The van der Waals surface area contributed by atoms with Gasteiger partial charge in [0.1, 0.15) is 0 Å². The van der Waals surface area contributed by atoms with Gasteiger partial charge >= 0.3 is 0 Å². The highest BCUT2D eigenvalue weighted by Crippen LogP contribution is 2.15. The highest BCUT2D eigenvalue weighted by atomic mass is 35.5. The van der Waals surface area contributed by atoms with Gasteiger partial charge in [0.2, 0.25) is 0 Å². The van der Waals surface area contributed by atoms with Crippen molar-refractivity contribution < 1.29 is 0 Å². The van der Waals surface area contributed by atoms with Crippen molar-refractivity contribution in [2.24, 2.45) is 0 Å². The molecule has 0 unspecified atom stereocenters. The van der Waals surface area contributed by atoms with Gasteiger partial charge in [0.15, 0.2) is 0 Å². The summed E-state index contributed by atoms with van der Waals surface area (Å²) in [6.45, 7) is 1.58. The molecule has 2 heterocycles. The first kappa shape index (κ1) is 10.6. The number of hydrogen-bond acceptors (Lipinski definition) is 2. The Morgan fingerprint density at radius 2 is 2.24 bits per heavy atom. The molecule has 88 valence electrons. The van der Waals surface area contributed by atoms with Crippen LogP contribution in [0.5, 0.6) is 0 Å². The van der Waals surface area contributed by atoms with E-state index in [9.17, 15) is 4.79 Å². The van der Waals surface area contributed by atoms with Crippen molar-refractivity contribution in [2.45, 2.75) is 13.0 Å². The highest BCUT2D eigenvalue weighted by Gasteiger charge is 2.17. The van der Waals surface area contributed by atoms with E-state index >= 15 is 0 Å². The zero-order valence-corrected chi connectivity index (χ0v) is 9.92. The van der Waals surface area contributed by atoms with E-state index in [1.54, 1.807) is 16.8 Å². The van der Waals surface area contributed by atoms with Gasteiger partial charge in [-0.1, -0.05) is 17.7 Å². The molecule has 0 spiro atoms. The van der Waals surface area contributed by atoms with Crippen molar-refractivity contribution in [2.75, 3.05) is 6.54 Å². The Hall–Kier alpha value is -1.52. The third-order valence-electron chi connectivity index (χ3n) is 2.99. The lowest BCUT2D eigenvalue weighted by atomic mass is 10.1. The number of hydrogen-bond donors (Lipinski definition) is 2. The fraction of sp³-hybridized carbons (Fsp3) is 0.250. The molecule has 0 fully saturated rings. The minimum absolute atomic E-state index is 0.0313. The Bertz CT molecular complexity index is 614. The molecule has 1 aromatic carbocycles. The molecule has 0 aliphatic carbocycles. The standard InChI is InChI=1S/C12H12ClN3O/c13-8-2-1-3-9(6-8)16-12(17)10-4-5-14-7-11(10)15-16/h1-3,6,14-15H,4-5,7H2. The van der Waals surface area contributed by atoms with E-state index in [4.69, 9.17) is 11.6 Å². The molecule has 0 saturated carbocycles. The van der Waals surface area contributed by atoms with Crippen molar-refractivity contribution in [3.8, 4) is 5.69 Å². The van der Waals surface area contributed by atoms with Crippen LogP contribution < -0.4 is 10.9 Å². The molecule has 3 rings (SSSR count). The van der Waals surface area contributed by atoms with Gasteiger partial charge < -0.3 is 5.32 Å². The predicted molar refractivity (Wildman–Crippen MR) is 66.8 cm³/mol. The van der Waals surface area contributed by atoms with Gasteiger partial charge in [-0.15, -0.1) is 0 Å². The number of H-pyrrole nitrogens is 1. The molecule has 0 atom stereocenters. The third kappa shape index (κ3) is 1.79. The van der Waals surface area contributed by atoms with Gasteiger partial charge in [-0.05, 0) is 31.2 Å². The summed E-state index contributed by atoms with van der Waals surface area (Å²) in [4.78, 5) is 12.2. The Morgan fingerprint density at radius 3 is 3.00 bits per heavy atom. The van der Waals surface area contributed by atoms with E-state index in [0.29, 0.717) is 5.02 Å². The van der Waals surface area contributed by atoms with Crippen molar-refractivity contribution >= 4 is 11.6 Å². The first-order chi connectivity index (χ1) is 8.25. The van der Waals surface area contributed by atoms with Gasteiger partial charge in [0.05, 0.1) is 11.4 Å². The second-order valence-electron chi connectivity index (χ2n) is 4.12. The molecule has 17 heavy (non-hydrogen) atoms. The largest absolute Gasteiger partial charge is 0.311 e. The van der Waals surface area contributed by atoms with Crippen LogP contribution in [0.4, 0.5) is 0 Å². The van der Waals surface area contributed by atoms with Gasteiger partial charge in [-0.3, -0.25) is 9.89 Å². The first-order valence-electron chi connectivity index (χ1n) is 5.55. The molecule has 1 aliphatic rings. The Morgan fingerprint density at radius 1 is 1.35 bits per heavy atom. The molecular weight excluding hydrogens is 238 g/mol. The summed E-state index contributed by atoms with van der Waals surface area (Å²) in [5, 5.41) is 6.99. The van der Waals surface area contributed by atoms with Crippen LogP contribution in [0, 0.1) is 0 Å². The number of aromatic nitrogens is 2. The number of nitrogens with one attached hydrogen (secondary N) is 2. The molecule has 0 bridgehead atoms. The van der Waals surface area contributed by atoms with Crippen LogP contribution in [0.2, 0.25) is 5.02 Å². The quantitative estimate of drug-likeness (QED) is 0.804. The smallest absolute Gasteiger partial charge is 0.274 e. The number of fused-ring (bicyclic) bond motifs is 1. The number of nitrogens with zero attached hydrogens (tertiary/aromatic N) is 1. The van der Waals surface area contributed by atoms with Gasteiger partial charge in [0, 0.05) is 17.1 Å². The average Bonchev–Trinajstić information content (AvgIpc) is 2.68. The fourth-order valence-corrected chi connectivity index (χ4v) is 2.33. The third-order valence-corrected chi connectivity index (χ3v) is 3.23. The van der Waals surface area contributed by atoms with Crippen LogP contribution >= 0.6 is 11.6 Å². The zero-order chi connectivity index (χ0) is 11.8. The van der Waals surface area contributed by atoms with Crippen molar-refractivity contribution in [1.82, 2.24) is 15.1 Å². The van der Waals surface area contributed by atoms with Crippen LogP contribution in [-0.2, 0) is 13.0 Å². The molecule has 2 aromatic rings. The topological polar surface area (TPSA) is 49.8 Å². The zero-order valence-electron chi connectivity index (χ0n) is 9.16. The predicted octanol–water partition coefficient (Wildman–Crippen LogP) is 1.46. The van der Waals surface area contributed by atoms with Crippen molar-refractivity contribution in [1.29, 1.82) is 0 Å². The second kappa shape index (κ2) is 4.05. The summed E-state index contributed by atoms with van der Waals surface area (Å²) in [6.07, 6.45) is 0.776. The molecular formula is C12H12ClN3O. The van der Waals surface area contributed by atoms with E-state index in [1.807, 2.05) is 12.1 Å². The minimum Gasteiger partial charge on any atom is -0.311 e. The molecule has 4 nitrogen and oxygen atoms in total. The average molecular weight is 250 g/mol. The maximum atomic E-state index is 12.2. The number of halogens is 1. The molecule has 1 aliphatic heterocycles. The van der Waals surface area contributed by atoms with Crippen molar-refractivity contribution in [3.05, 3.63) is 50.9 Å². The molecule has 2 N–H and O–H groups in total. The lowest BCUT2D eigenvalue weighted by Gasteiger charge is -2.09. The number of aromatic amines is 1. The van der Waals surface area contributed by atoms with E-state index in [0.717, 1.165) is 36.5 Å². The Labute approximate surface area is 103 Å². The summed E-state index contributed by atoms with van der Waals surface area (Å²) >= 11 is 5.93. The molecule has 0 amide bonds. The maximum Gasteiger partial charge on any atom is 0.274 e. The minimum atomic E-state index is 0.0313. The van der Waals surface area contributed by atoms with Crippen LogP contribution in [0.3, 0.4) is 0 Å². The van der Waals surface area contributed by atoms with Crippen LogP contribution in [-0.4, -0.2) is 16.3 Å². The van der Waals surface area contributed by atoms with E-state index in [1.165, 1.54) is 0 Å². The van der Waals surface area contributed by atoms with Crippen LogP contribution in [0.25, 0.3) is 5.69 Å². The lowest BCUT2D eigenvalue weighted by Crippen LogP contribution is -2.26. The van der Waals surface area contributed by atoms with Gasteiger partial charge in [-0.25, -0.2) is 4.68 Å². The Kier molecular flexibility index (Phi) is 2.53. The maximum absolute atomic E-state index is 12.2. The van der Waals surface area contributed by atoms with Gasteiger partial charge in [0.25, 0.3) is 5.56 Å². The summed E-state index contributed by atoms with van der Waals surface area (Å²) in [6, 6.07) is 7.27. The lowest BCUT2D eigenvalue weighted by molar-refractivity contribution is 0.629. The summed E-state index contributed by atoms with van der Waals surface area (Å²) in [7, 11) is 0. The van der Waals surface area contributed by atoms with Crippen LogP contribution in [0.1, 0.15) is 11.3 Å². The van der Waals surface area contributed by atoms with E-state index in [-0.39, 0.29) is 5.56 Å². The molecule has 0 radical (unpaired) electrons. The fourth-order valence-electron chi connectivity index (χ4n) is 2.15. The summed E-state index contributed by atoms with van der Waals surface area (Å²) in [5.74, 6) is 0. The van der Waals surface area contributed by atoms with E-state index in [2.05, 4.69) is 10.4 Å². The summed E-state index contributed by atoms with van der Waals surface area (Å²) < 4.78 is 1.56. The molecule has 0 saturated heterocycles. The molecule has 1 aromatic heterocycles. The second-order valence-corrected chi connectivity index (χ2v) is 4.55. The van der Waals surface area contributed by atoms with E-state index < -0.39 is 0 Å². The monoisotopic (exact) mass is 249 g/mol. The highest BCUT2D eigenvalue weighted by molar-refractivity contribution is 6.30. The number of benzene rings is 1.